The molecule has 36 heavy (non-hydrogen) atoms. The molecule has 0 aliphatic heterocycles. The Morgan fingerprint density at radius 3 is 2.33 bits per heavy atom. The maximum absolute atomic E-state index is 13.6. The highest BCUT2D eigenvalue weighted by Gasteiger charge is 2.31. The van der Waals surface area contributed by atoms with Crippen LogP contribution in [0.1, 0.15) is 24.5 Å². The first-order valence-corrected chi connectivity index (χ1v) is 13.3. The van der Waals surface area contributed by atoms with Gasteiger partial charge in [-0.05, 0) is 58.2 Å². The fourth-order valence-electron chi connectivity index (χ4n) is 3.59. The van der Waals surface area contributed by atoms with E-state index in [-0.39, 0.29) is 25.0 Å². The molecule has 0 spiro atoms. The van der Waals surface area contributed by atoms with Gasteiger partial charge in [0, 0.05) is 40.1 Å². The first-order chi connectivity index (χ1) is 17.3. The molecule has 0 bridgehead atoms. The zero-order valence-corrected chi connectivity index (χ0v) is 23.5. The lowest BCUT2D eigenvalue weighted by Crippen LogP contribution is -2.51. The molecular weight excluding hydrogens is 587 g/mol. The number of carbonyl (C=O) groups excluding carboxylic acids is 2. The highest BCUT2D eigenvalue weighted by atomic mass is 79.9. The van der Waals surface area contributed by atoms with Crippen molar-refractivity contribution in [2.75, 3.05) is 13.2 Å². The fraction of sp³-hybridized carbons (Fsp3) is 0.259. The van der Waals surface area contributed by atoms with Gasteiger partial charge in [0.25, 0.3) is 5.91 Å². The average Bonchev–Trinajstić information content (AvgIpc) is 2.86. The normalized spacial score (nSPS) is 11.6. The molecule has 2 amide bonds. The van der Waals surface area contributed by atoms with Gasteiger partial charge in [-0.2, -0.15) is 0 Å². The summed E-state index contributed by atoms with van der Waals surface area (Å²) in [4.78, 5) is 28.5. The van der Waals surface area contributed by atoms with E-state index in [0.717, 1.165) is 12.0 Å². The van der Waals surface area contributed by atoms with Crippen molar-refractivity contribution in [3.8, 4) is 5.75 Å². The second-order valence-electron chi connectivity index (χ2n) is 8.08. The Morgan fingerprint density at radius 2 is 1.69 bits per heavy atom. The van der Waals surface area contributed by atoms with Gasteiger partial charge in [-0.1, -0.05) is 78.1 Å². The quantitative estimate of drug-likeness (QED) is 0.255. The van der Waals surface area contributed by atoms with Crippen molar-refractivity contribution in [3.63, 3.8) is 0 Å². The van der Waals surface area contributed by atoms with Crippen LogP contribution in [0.2, 0.25) is 15.1 Å². The van der Waals surface area contributed by atoms with Crippen molar-refractivity contribution in [3.05, 3.63) is 97.4 Å². The summed E-state index contributed by atoms with van der Waals surface area (Å²) in [5.41, 5.74) is 1.47. The molecule has 0 aliphatic carbocycles. The van der Waals surface area contributed by atoms with Crippen LogP contribution in [0, 0.1) is 0 Å². The number of rotatable bonds is 11. The van der Waals surface area contributed by atoms with Gasteiger partial charge in [0.2, 0.25) is 5.91 Å². The second kappa shape index (κ2) is 13.9. The van der Waals surface area contributed by atoms with E-state index in [2.05, 4.69) is 21.2 Å². The molecule has 0 saturated carbocycles. The van der Waals surface area contributed by atoms with Gasteiger partial charge in [0.1, 0.15) is 11.8 Å². The first-order valence-electron chi connectivity index (χ1n) is 11.4. The largest absolute Gasteiger partial charge is 0.483 e. The number of hydrogen-bond donors (Lipinski definition) is 1. The Kier molecular flexibility index (Phi) is 10.9. The highest BCUT2D eigenvalue weighted by Crippen LogP contribution is 2.29. The van der Waals surface area contributed by atoms with E-state index in [4.69, 9.17) is 39.5 Å². The Labute approximate surface area is 234 Å². The van der Waals surface area contributed by atoms with Gasteiger partial charge in [-0.25, -0.2) is 0 Å². The van der Waals surface area contributed by atoms with Crippen LogP contribution in [-0.2, 0) is 22.6 Å². The molecule has 9 heteroatoms. The predicted molar refractivity (Wildman–Crippen MR) is 149 cm³/mol. The van der Waals surface area contributed by atoms with Gasteiger partial charge < -0.3 is 15.0 Å². The molecule has 190 valence electrons. The third kappa shape index (κ3) is 7.87. The van der Waals surface area contributed by atoms with Crippen LogP contribution >= 0.6 is 50.7 Å². The molecule has 1 atom stereocenters. The summed E-state index contributed by atoms with van der Waals surface area (Å²) < 4.78 is 6.42. The molecule has 0 aliphatic rings. The SMILES string of the molecule is CCCNC(=O)C(Cc1ccccc1)N(Cc1c(Cl)cccc1Cl)C(=O)COc1ccc(Cl)cc1Br. The highest BCUT2D eigenvalue weighted by molar-refractivity contribution is 9.10. The van der Waals surface area contributed by atoms with Crippen molar-refractivity contribution in [2.45, 2.75) is 32.4 Å². The summed E-state index contributed by atoms with van der Waals surface area (Å²) in [6, 6.07) is 18.9. The number of benzene rings is 3. The lowest BCUT2D eigenvalue weighted by Gasteiger charge is -2.32. The van der Waals surface area contributed by atoms with E-state index in [1.165, 1.54) is 4.90 Å². The Bertz CT molecular complexity index is 1170. The van der Waals surface area contributed by atoms with Crippen molar-refractivity contribution in [2.24, 2.45) is 0 Å². The number of nitrogens with one attached hydrogen (secondary N) is 1. The molecule has 0 fully saturated rings. The zero-order valence-electron chi connectivity index (χ0n) is 19.6. The molecule has 0 radical (unpaired) electrons. The molecule has 0 saturated heterocycles. The summed E-state index contributed by atoms with van der Waals surface area (Å²) in [7, 11) is 0. The Balaban J connectivity index is 1.95. The van der Waals surface area contributed by atoms with Crippen LogP contribution in [0.3, 0.4) is 0 Å². The van der Waals surface area contributed by atoms with Crippen LogP contribution in [0.25, 0.3) is 0 Å². The van der Waals surface area contributed by atoms with E-state index in [1.807, 2.05) is 37.3 Å². The molecular formula is C27H26BrCl3N2O3. The summed E-state index contributed by atoms with van der Waals surface area (Å²) in [5.74, 6) is -0.191. The molecule has 1 unspecified atom stereocenters. The standard InChI is InChI=1S/C27H26BrCl3N2O3/c1-2-13-32-27(35)24(14-18-7-4-3-5-8-18)33(16-20-22(30)9-6-10-23(20)31)26(34)17-36-25-12-11-19(29)15-21(25)28/h3-12,15,24H,2,13-14,16-17H2,1H3,(H,32,35). The summed E-state index contributed by atoms with van der Waals surface area (Å²) >= 11 is 22.3. The van der Waals surface area contributed by atoms with Crippen molar-refractivity contribution >= 4 is 62.5 Å². The number of nitrogens with zero attached hydrogens (tertiary/aromatic N) is 1. The average molecular weight is 613 g/mol. The van der Waals surface area contributed by atoms with E-state index >= 15 is 0 Å². The maximum atomic E-state index is 13.6. The van der Waals surface area contributed by atoms with Crippen molar-refractivity contribution in [1.29, 1.82) is 0 Å². The topological polar surface area (TPSA) is 58.6 Å². The fourth-order valence-corrected chi connectivity index (χ4v) is 4.90. The molecule has 1 N–H and O–H groups in total. The minimum atomic E-state index is -0.809. The number of carbonyl (C=O) groups is 2. The second-order valence-corrected chi connectivity index (χ2v) is 10.2. The zero-order chi connectivity index (χ0) is 26.1. The lowest BCUT2D eigenvalue weighted by atomic mass is 10.0. The molecule has 5 nitrogen and oxygen atoms in total. The summed E-state index contributed by atoms with van der Waals surface area (Å²) in [6.45, 7) is 2.21. The van der Waals surface area contributed by atoms with Gasteiger partial charge in [-0.15, -0.1) is 0 Å². The minimum Gasteiger partial charge on any atom is -0.483 e. The van der Waals surface area contributed by atoms with Crippen LogP contribution in [0.15, 0.2) is 71.2 Å². The molecule has 3 aromatic rings. The summed E-state index contributed by atoms with van der Waals surface area (Å²) in [6.07, 6.45) is 1.08. The molecule has 3 rings (SSSR count). The number of ether oxygens (including phenoxy) is 1. The Morgan fingerprint density at radius 1 is 1.00 bits per heavy atom. The Hall–Kier alpha value is -2.25. The molecule has 0 aromatic heterocycles. The first kappa shape index (κ1) is 28.3. The van der Waals surface area contributed by atoms with Crippen LogP contribution in [0.5, 0.6) is 5.75 Å². The third-order valence-corrected chi connectivity index (χ3v) is 7.02. The van der Waals surface area contributed by atoms with Crippen LogP contribution in [-0.4, -0.2) is 35.9 Å². The van der Waals surface area contributed by atoms with Gasteiger partial charge in [0.15, 0.2) is 6.61 Å². The predicted octanol–water partition coefficient (Wildman–Crippen LogP) is 6.95. The maximum Gasteiger partial charge on any atom is 0.261 e. The third-order valence-electron chi connectivity index (χ3n) is 5.46. The smallest absolute Gasteiger partial charge is 0.261 e. The van der Waals surface area contributed by atoms with Crippen LogP contribution in [0.4, 0.5) is 0 Å². The van der Waals surface area contributed by atoms with E-state index in [0.29, 0.717) is 43.8 Å². The van der Waals surface area contributed by atoms with Crippen LogP contribution < -0.4 is 10.1 Å². The molecule has 3 aromatic carbocycles. The molecule has 0 heterocycles. The summed E-state index contributed by atoms with van der Waals surface area (Å²) in [5, 5.41) is 4.29. The monoisotopic (exact) mass is 610 g/mol. The van der Waals surface area contributed by atoms with Gasteiger partial charge >= 0.3 is 0 Å². The van der Waals surface area contributed by atoms with E-state index in [1.54, 1.807) is 36.4 Å². The minimum absolute atomic E-state index is 0.0412. The van der Waals surface area contributed by atoms with Crippen molar-refractivity contribution < 1.29 is 14.3 Å². The van der Waals surface area contributed by atoms with E-state index < -0.39 is 6.04 Å². The number of halogens is 4. The number of hydrogen-bond acceptors (Lipinski definition) is 3. The van der Waals surface area contributed by atoms with Crippen molar-refractivity contribution in [1.82, 2.24) is 10.2 Å². The van der Waals surface area contributed by atoms with Gasteiger partial charge in [-0.3, -0.25) is 9.59 Å². The lowest BCUT2D eigenvalue weighted by molar-refractivity contribution is -0.142. The van der Waals surface area contributed by atoms with Gasteiger partial charge in [0.05, 0.1) is 4.47 Å². The number of amides is 2. The van der Waals surface area contributed by atoms with E-state index in [9.17, 15) is 9.59 Å².